The Balaban J connectivity index is 2.20. The molecule has 0 saturated carbocycles. The number of halogens is 1. The first-order valence-electron chi connectivity index (χ1n) is 6.85. The van der Waals surface area contributed by atoms with E-state index in [1.165, 1.54) is 5.39 Å². The van der Waals surface area contributed by atoms with Gasteiger partial charge in [0, 0.05) is 5.56 Å². The number of nitrogens with zero attached hydrogens (tertiary/aromatic N) is 1. The van der Waals surface area contributed by atoms with Crippen LogP contribution in [-0.2, 0) is 0 Å². The number of benzene rings is 2. The number of rotatable bonds is 2. The van der Waals surface area contributed by atoms with Crippen LogP contribution in [0.5, 0.6) is 0 Å². The number of aromatic amines is 1. The second-order valence-electron chi connectivity index (χ2n) is 5.33. The number of fused-ring (bicyclic) bond motifs is 1. The van der Waals surface area contributed by atoms with Gasteiger partial charge in [0.15, 0.2) is 0 Å². The lowest BCUT2D eigenvalue weighted by molar-refractivity contribution is 0.803. The zero-order chi connectivity index (χ0) is 15.0. The molecule has 1 N–H and O–H groups in total. The maximum Gasteiger partial charge on any atom is 0.265 e. The van der Waals surface area contributed by atoms with Crippen molar-refractivity contribution in [2.75, 3.05) is 0 Å². The first-order valence-corrected chi connectivity index (χ1v) is 7.64. The largest absolute Gasteiger partial charge is 0.306 e. The molecule has 0 fully saturated rings. The molecule has 0 unspecified atom stereocenters. The maximum absolute atomic E-state index is 12.1. The molecule has 0 bridgehead atoms. The van der Waals surface area contributed by atoms with Crippen LogP contribution in [0.4, 0.5) is 0 Å². The summed E-state index contributed by atoms with van der Waals surface area (Å²) >= 11 is 3.32. The van der Waals surface area contributed by atoms with Crippen LogP contribution >= 0.6 is 15.9 Å². The van der Waals surface area contributed by atoms with Crippen LogP contribution in [0, 0.1) is 0 Å². The van der Waals surface area contributed by atoms with Crippen molar-refractivity contribution in [3.05, 3.63) is 63.0 Å². The fraction of sp³-hybridized carbons (Fsp3) is 0.176. The Bertz CT molecular complexity index is 868. The predicted molar refractivity (Wildman–Crippen MR) is 89.6 cm³/mol. The van der Waals surface area contributed by atoms with Crippen LogP contribution < -0.4 is 5.56 Å². The van der Waals surface area contributed by atoms with Gasteiger partial charge in [0.1, 0.15) is 10.3 Å². The smallest absolute Gasteiger partial charge is 0.265 e. The lowest BCUT2D eigenvalue weighted by Gasteiger charge is -2.10. The Hall–Kier alpha value is -1.94. The van der Waals surface area contributed by atoms with E-state index in [1.807, 2.05) is 44.2 Å². The van der Waals surface area contributed by atoms with Crippen LogP contribution in [-0.4, -0.2) is 9.97 Å². The lowest BCUT2D eigenvalue weighted by atomic mass is 10.1. The second kappa shape index (κ2) is 5.45. The second-order valence-corrected chi connectivity index (χ2v) is 6.12. The van der Waals surface area contributed by atoms with Gasteiger partial charge in [-0.05, 0) is 38.7 Å². The average Bonchev–Trinajstić information content (AvgIpc) is 2.49. The highest BCUT2D eigenvalue weighted by Crippen LogP contribution is 2.25. The van der Waals surface area contributed by atoms with E-state index >= 15 is 0 Å². The minimum Gasteiger partial charge on any atom is -0.306 e. The Morgan fingerprint density at radius 1 is 1.10 bits per heavy atom. The van der Waals surface area contributed by atoms with Gasteiger partial charge >= 0.3 is 0 Å². The third-order valence-electron chi connectivity index (χ3n) is 3.46. The number of hydrogen-bond acceptors (Lipinski definition) is 2. The molecule has 0 radical (unpaired) electrons. The van der Waals surface area contributed by atoms with Crippen LogP contribution in [0.2, 0.25) is 0 Å². The number of H-pyrrole nitrogens is 1. The fourth-order valence-electron chi connectivity index (χ4n) is 2.33. The zero-order valence-corrected chi connectivity index (χ0v) is 13.4. The van der Waals surface area contributed by atoms with E-state index in [1.54, 1.807) is 0 Å². The molecule has 3 aromatic rings. The molecular weight excluding hydrogens is 328 g/mol. The molecule has 4 heteroatoms. The van der Waals surface area contributed by atoms with Crippen LogP contribution in [0.25, 0.3) is 22.2 Å². The van der Waals surface area contributed by atoms with Crippen molar-refractivity contribution < 1.29 is 0 Å². The molecule has 0 spiro atoms. The molecule has 106 valence electrons. The summed E-state index contributed by atoms with van der Waals surface area (Å²) < 4.78 is 0.516. The van der Waals surface area contributed by atoms with Gasteiger partial charge in [-0.25, -0.2) is 4.98 Å². The van der Waals surface area contributed by atoms with Gasteiger partial charge < -0.3 is 4.98 Å². The van der Waals surface area contributed by atoms with Crippen molar-refractivity contribution in [3.63, 3.8) is 0 Å². The van der Waals surface area contributed by atoms with Crippen LogP contribution in [0.15, 0.2) is 51.7 Å². The van der Waals surface area contributed by atoms with Gasteiger partial charge in [-0.1, -0.05) is 50.2 Å². The summed E-state index contributed by atoms with van der Waals surface area (Å²) in [5.74, 6) is 0.790. The standard InChI is InChI=1S/C17H15BrN2O/c1-10(2)15-14(18)17(21)20-16(19-15)13-8-7-11-5-3-4-6-12(11)9-13/h3-10H,1-2H3,(H,19,20,21). The normalized spacial score (nSPS) is 11.2. The van der Waals surface area contributed by atoms with E-state index in [2.05, 4.69) is 38.0 Å². The summed E-state index contributed by atoms with van der Waals surface area (Å²) in [7, 11) is 0. The molecule has 3 rings (SSSR count). The molecule has 0 aliphatic carbocycles. The SMILES string of the molecule is CC(C)c1nc(-c2ccc3ccccc3c2)[nH]c(=O)c1Br. The van der Waals surface area contributed by atoms with E-state index in [9.17, 15) is 4.79 Å². The van der Waals surface area contributed by atoms with E-state index in [-0.39, 0.29) is 11.5 Å². The monoisotopic (exact) mass is 342 g/mol. The molecule has 0 atom stereocenters. The first kappa shape index (κ1) is 14.0. The van der Waals surface area contributed by atoms with E-state index in [0.717, 1.165) is 16.6 Å². The van der Waals surface area contributed by atoms with Gasteiger partial charge in [0.25, 0.3) is 5.56 Å². The summed E-state index contributed by atoms with van der Waals surface area (Å²) in [5.41, 5.74) is 1.55. The molecular formula is C17H15BrN2O. The third-order valence-corrected chi connectivity index (χ3v) is 4.22. The molecule has 0 aliphatic heterocycles. The van der Waals surface area contributed by atoms with E-state index in [4.69, 9.17) is 0 Å². The minimum absolute atomic E-state index is 0.142. The summed E-state index contributed by atoms with van der Waals surface area (Å²) in [6.45, 7) is 4.05. The van der Waals surface area contributed by atoms with Gasteiger partial charge in [-0.3, -0.25) is 4.79 Å². The highest BCUT2D eigenvalue weighted by Gasteiger charge is 2.13. The van der Waals surface area contributed by atoms with Gasteiger partial charge in [-0.2, -0.15) is 0 Å². The van der Waals surface area contributed by atoms with Gasteiger partial charge in [0.05, 0.1) is 5.69 Å². The molecule has 21 heavy (non-hydrogen) atoms. The molecule has 1 aromatic heterocycles. The van der Waals surface area contributed by atoms with Crippen molar-refractivity contribution in [2.45, 2.75) is 19.8 Å². The highest BCUT2D eigenvalue weighted by molar-refractivity contribution is 9.10. The average molecular weight is 343 g/mol. The number of aromatic nitrogens is 2. The zero-order valence-electron chi connectivity index (χ0n) is 11.9. The highest BCUT2D eigenvalue weighted by atomic mass is 79.9. The number of nitrogens with one attached hydrogen (secondary N) is 1. The molecule has 2 aromatic carbocycles. The lowest BCUT2D eigenvalue weighted by Crippen LogP contribution is -2.14. The Labute approximate surface area is 131 Å². The van der Waals surface area contributed by atoms with Crippen molar-refractivity contribution in [3.8, 4) is 11.4 Å². The Morgan fingerprint density at radius 2 is 1.81 bits per heavy atom. The molecule has 0 saturated heterocycles. The van der Waals surface area contributed by atoms with Crippen LogP contribution in [0.3, 0.4) is 0 Å². The maximum atomic E-state index is 12.1. The van der Waals surface area contributed by atoms with E-state index in [0.29, 0.717) is 10.3 Å². The van der Waals surface area contributed by atoms with Crippen molar-refractivity contribution in [1.29, 1.82) is 0 Å². The molecule has 1 heterocycles. The topological polar surface area (TPSA) is 45.8 Å². The third kappa shape index (κ3) is 2.63. The predicted octanol–water partition coefficient (Wildman–Crippen LogP) is 4.48. The summed E-state index contributed by atoms with van der Waals surface area (Å²) in [6.07, 6.45) is 0. The van der Waals surface area contributed by atoms with Gasteiger partial charge in [-0.15, -0.1) is 0 Å². The first-order chi connectivity index (χ1) is 10.1. The van der Waals surface area contributed by atoms with Crippen LogP contribution in [0.1, 0.15) is 25.5 Å². The Morgan fingerprint density at radius 3 is 2.52 bits per heavy atom. The van der Waals surface area contributed by atoms with Crippen molar-refractivity contribution in [2.24, 2.45) is 0 Å². The molecule has 0 aliphatic rings. The summed E-state index contributed by atoms with van der Waals surface area (Å²) in [6, 6.07) is 14.2. The Kier molecular flexibility index (Phi) is 3.64. The summed E-state index contributed by atoms with van der Waals surface area (Å²) in [5, 5.41) is 2.30. The molecule has 0 amide bonds. The molecule has 3 nitrogen and oxygen atoms in total. The summed E-state index contributed by atoms with van der Waals surface area (Å²) in [4.78, 5) is 19.5. The fourth-order valence-corrected chi connectivity index (χ4v) is 2.98. The van der Waals surface area contributed by atoms with Crippen molar-refractivity contribution in [1.82, 2.24) is 9.97 Å². The van der Waals surface area contributed by atoms with E-state index < -0.39 is 0 Å². The quantitative estimate of drug-likeness (QED) is 0.746. The number of hydrogen-bond donors (Lipinski definition) is 1. The van der Waals surface area contributed by atoms with Crippen molar-refractivity contribution >= 4 is 26.7 Å². The minimum atomic E-state index is -0.142. The van der Waals surface area contributed by atoms with Gasteiger partial charge in [0.2, 0.25) is 0 Å².